The van der Waals surface area contributed by atoms with Gasteiger partial charge in [-0.25, -0.2) is 9.50 Å². The largest absolute Gasteiger partial charge is 0.348 e. The fourth-order valence-electron chi connectivity index (χ4n) is 3.51. The molecule has 4 rings (SSSR count). The number of hydrogen-bond acceptors (Lipinski definition) is 3. The molecule has 2 heterocycles. The van der Waals surface area contributed by atoms with Gasteiger partial charge >= 0.3 is 0 Å². The lowest BCUT2D eigenvalue weighted by atomic mass is 10.0. The maximum atomic E-state index is 12.7. The highest BCUT2D eigenvalue weighted by Crippen LogP contribution is 2.20. The Balaban J connectivity index is 1.61. The van der Waals surface area contributed by atoms with E-state index in [1.165, 1.54) is 11.1 Å². The number of amides is 1. The molecular weight excluding hydrogens is 360 g/mol. The molecule has 5 nitrogen and oxygen atoms in total. The Morgan fingerprint density at radius 3 is 2.41 bits per heavy atom. The van der Waals surface area contributed by atoms with Crippen LogP contribution in [0.1, 0.15) is 44.0 Å². The molecule has 0 spiro atoms. The number of nitrogens with zero attached hydrogens (tertiary/aromatic N) is 3. The van der Waals surface area contributed by atoms with Crippen LogP contribution in [0.25, 0.3) is 5.65 Å². The number of fused-ring (bicyclic) bond motifs is 1. The number of aryl methyl sites for hydroxylation is 3. The maximum absolute atomic E-state index is 12.7. The van der Waals surface area contributed by atoms with E-state index >= 15 is 0 Å². The van der Waals surface area contributed by atoms with Crippen LogP contribution in [-0.4, -0.2) is 20.5 Å². The first-order valence-corrected chi connectivity index (χ1v) is 9.74. The molecule has 5 heteroatoms. The third-order valence-electron chi connectivity index (χ3n) is 5.25. The highest BCUT2D eigenvalue weighted by molar-refractivity contribution is 5.99. The monoisotopic (exact) mass is 384 g/mol. The first-order chi connectivity index (χ1) is 14.0. The van der Waals surface area contributed by atoms with Gasteiger partial charge in [0, 0.05) is 24.4 Å². The summed E-state index contributed by atoms with van der Waals surface area (Å²) in [5, 5.41) is 7.40. The number of aromatic nitrogens is 3. The Kier molecular flexibility index (Phi) is 5.12. The van der Waals surface area contributed by atoms with E-state index in [1.807, 2.05) is 44.2 Å². The zero-order valence-electron chi connectivity index (χ0n) is 16.9. The maximum Gasteiger partial charge on any atom is 0.257 e. The number of carbonyl (C=O) groups excluding carboxylic acids is 1. The van der Waals surface area contributed by atoms with Crippen LogP contribution >= 0.6 is 0 Å². The van der Waals surface area contributed by atoms with Crippen molar-refractivity contribution in [3.8, 4) is 0 Å². The molecule has 2 aromatic carbocycles. The lowest BCUT2D eigenvalue weighted by Gasteiger charge is -2.12. The molecule has 0 aliphatic heterocycles. The molecule has 2 aromatic heterocycles. The van der Waals surface area contributed by atoms with E-state index in [0.29, 0.717) is 17.8 Å². The molecule has 1 amide bonds. The Hall–Kier alpha value is -3.47. The Morgan fingerprint density at radius 1 is 0.966 bits per heavy atom. The third-order valence-corrected chi connectivity index (χ3v) is 5.25. The second kappa shape index (κ2) is 7.87. The van der Waals surface area contributed by atoms with Gasteiger partial charge in [0.2, 0.25) is 0 Å². The topological polar surface area (TPSA) is 59.3 Å². The van der Waals surface area contributed by atoms with Crippen molar-refractivity contribution in [3.63, 3.8) is 0 Å². The highest BCUT2D eigenvalue weighted by atomic mass is 16.1. The zero-order valence-corrected chi connectivity index (χ0v) is 16.9. The van der Waals surface area contributed by atoms with Gasteiger partial charge in [-0.2, -0.15) is 5.10 Å². The predicted molar refractivity (Wildman–Crippen MR) is 114 cm³/mol. The summed E-state index contributed by atoms with van der Waals surface area (Å²) < 4.78 is 1.77. The lowest BCUT2D eigenvalue weighted by molar-refractivity contribution is 0.0952. The van der Waals surface area contributed by atoms with Crippen molar-refractivity contribution in [2.45, 2.75) is 33.7 Å². The lowest BCUT2D eigenvalue weighted by Crippen LogP contribution is -2.23. The van der Waals surface area contributed by atoms with E-state index in [0.717, 1.165) is 28.9 Å². The van der Waals surface area contributed by atoms with Crippen LogP contribution < -0.4 is 5.32 Å². The van der Waals surface area contributed by atoms with Crippen LogP contribution in [0, 0.1) is 20.8 Å². The van der Waals surface area contributed by atoms with Crippen LogP contribution in [0.15, 0.2) is 60.8 Å². The van der Waals surface area contributed by atoms with Gasteiger partial charge in [0.05, 0.1) is 6.20 Å². The fraction of sp³-hybridized carbons (Fsp3) is 0.208. The number of carbonyl (C=O) groups is 1. The molecule has 0 bridgehead atoms. The Morgan fingerprint density at radius 2 is 1.69 bits per heavy atom. The van der Waals surface area contributed by atoms with Gasteiger partial charge in [0.1, 0.15) is 5.56 Å². The summed E-state index contributed by atoms with van der Waals surface area (Å²) >= 11 is 0. The molecular formula is C24H24N4O. The zero-order chi connectivity index (χ0) is 20.4. The minimum atomic E-state index is -0.165. The van der Waals surface area contributed by atoms with Gasteiger partial charge in [-0.1, -0.05) is 60.2 Å². The molecule has 0 atom stereocenters. The molecule has 29 heavy (non-hydrogen) atoms. The van der Waals surface area contributed by atoms with E-state index in [1.54, 1.807) is 10.7 Å². The first-order valence-electron chi connectivity index (χ1n) is 9.74. The number of hydrogen-bond donors (Lipinski definition) is 1. The normalized spacial score (nSPS) is 11.0. The number of benzene rings is 2. The highest BCUT2D eigenvalue weighted by Gasteiger charge is 2.18. The minimum absolute atomic E-state index is 0.165. The van der Waals surface area contributed by atoms with E-state index in [4.69, 9.17) is 4.98 Å². The van der Waals surface area contributed by atoms with Gasteiger partial charge in [-0.15, -0.1) is 0 Å². The summed E-state index contributed by atoms with van der Waals surface area (Å²) in [5.41, 5.74) is 7.69. The molecule has 0 aliphatic carbocycles. The molecule has 0 fully saturated rings. The number of nitrogens with one attached hydrogen (secondary N) is 1. The predicted octanol–water partition coefficient (Wildman–Crippen LogP) is 4.18. The van der Waals surface area contributed by atoms with Crippen molar-refractivity contribution in [2.24, 2.45) is 0 Å². The molecule has 0 unspecified atom stereocenters. The van der Waals surface area contributed by atoms with Gasteiger partial charge in [-0.05, 0) is 37.5 Å². The molecule has 0 saturated heterocycles. The summed E-state index contributed by atoms with van der Waals surface area (Å²) in [7, 11) is 0. The number of rotatable bonds is 5. The van der Waals surface area contributed by atoms with Gasteiger partial charge in [-0.3, -0.25) is 4.79 Å². The van der Waals surface area contributed by atoms with E-state index in [-0.39, 0.29) is 5.91 Å². The SMILES string of the molecule is Cc1ccc(Cc2c(C)nc3c(C(=O)NCc4ccccc4)cnn3c2C)cc1. The summed E-state index contributed by atoms with van der Waals surface area (Å²) in [6.07, 6.45) is 2.39. The molecule has 4 aromatic rings. The smallest absolute Gasteiger partial charge is 0.257 e. The van der Waals surface area contributed by atoms with Gasteiger partial charge in [0.25, 0.3) is 5.91 Å². The first kappa shape index (κ1) is 18.9. The standard InChI is InChI=1S/C24H24N4O/c1-16-9-11-19(12-10-16)13-21-17(2)27-23-22(15-26-28(23)18(21)3)24(29)25-14-20-7-5-4-6-8-20/h4-12,15H,13-14H2,1-3H3,(H,25,29). The summed E-state index contributed by atoms with van der Waals surface area (Å²) in [6, 6.07) is 18.4. The fourth-order valence-corrected chi connectivity index (χ4v) is 3.51. The van der Waals surface area contributed by atoms with Crippen molar-refractivity contribution in [2.75, 3.05) is 0 Å². The van der Waals surface area contributed by atoms with E-state index < -0.39 is 0 Å². The van der Waals surface area contributed by atoms with Gasteiger partial charge < -0.3 is 5.32 Å². The average molecular weight is 384 g/mol. The van der Waals surface area contributed by atoms with Crippen molar-refractivity contribution in [1.82, 2.24) is 19.9 Å². The molecule has 0 aliphatic rings. The van der Waals surface area contributed by atoms with Crippen molar-refractivity contribution >= 4 is 11.6 Å². The molecule has 0 saturated carbocycles. The Labute approximate surface area is 170 Å². The van der Waals surface area contributed by atoms with Crippen LogP contribution in [0.4, 0.5) is 0 Å². The third kappa shape index (κ3) is 3.90. The quantitative estimate of drug-likeness (QED) is 0.562. The summed E-state index contributed by atoms with van der Waals surface area (Å²) in [4.78, 5) is 17.4. The van der Waals surface area contributed by atoms with Crippen molar-refractivity contribution in [3.05, 3.63) is 100.0 Å². The molecule has 146 valence electrons. The van der Waals surface area contributed by atoms with Crippen LogP contribution in [0.2, 0.25) is 0 Å². The molecule has 0 radical (unpaired) electrons. The van der Waals surface area contributed by atoms with Crippen LogP contribution in [0.3, 0.4) is 0 Å². The summed E-state index contributed by atoms with van der Waals surface area (Å²) in [6.45, 7) is 6.58. The van der Waals surface area contributed by atoms with Crippen molar-refractivity contribution < 1.29 is 4.79 Å². The Bertz CT molecular complexity index is 1160. The van der Waals surface area contributed by atoms with Crippen LogP contribution in [0.5, 0.6) is 0 Å². The minimum Gasteiger partial charge on any atom is -0.348 e. The average Bonchev–Trinajstić information content (AvgIpc) is 3.15. The van der Waals surface area contributed by atoms with E-state index in [2.05, 4.69) is 41.6 Å². The van der Waals surface area contributed by atoms with Crippen molar-refractivity contribution in [1.29, 1.82) is 0 Å². The second-order valence-electron chi connectivity index (χ2n) is 7.39. The summed E-state index contributed by atoms with van der Waals surface area (Å²) in [5.74, 6) is -0.165. The van der Waals surface area contributed by atoms with Crippen LogP contribution in [-0.2, 0) is 13.0 Å². The molecule has 1 N–H and O–H groups in total. The second-order valence-corrected chi connectivity index (χ2v) is 7.39. The van der Waals surface area contributed by atoms with Gasteiger partial charge in [0.15, 0.2) is 5.65 Å². The van der Waals surface area contributed by atoms with E-state index in [9.17, 15) is 4.79 Å².